The maximum atomic E-state index is 13.2. The quantitative estimate of drug-likeness (QED) is 0.657. The smallest absolute Gasteiger partial charge is 0.123 e. The average Bonchev–Trinajstić information content (AvgIpc) is 2.61. The van der Waals surface area contributed by atoms with Crippen LogP contribution in [0.1, 0.15) is 34.3 Å². The van der Waals surface area contributed by atoms with E-state index in [1.807, 2.05) is 26.8 Å². The Labute approximate surface area is 112 Å². The van der Waals surface area contributed by atoms with Crippen molar-refractivity contribution in [2.45, 2.75) is 33.2 Å². The van der Waals surface area contributed by atoms with E-state index in [1.54, 1.807) is 6.07 Å². The van der Waals surface area contributed by atoms with Crippen molar-refractivity contribution in [2.24, 2.45) is 5.84 Å². The Bertz CT molecular complexity index is 578. The number of benzene rings is 1. The van der Waals surface area contributed by atoms with Gasteiger partial charge in [0.25, 0.3) is 0 Å². The maximum Gasteiger partial charge on any atom is 0.123 e. The summed E-state index contributed by atoms with van der Waals surface area (Å²) in [6.45, 7) is 5.87. The topological polar surface area (TPSA) is 51.2 Å². The number of nitrogens with two attached hydrogens (primary N) is 1. The third-order valence-corrected chi connectivity index (χ3v) is 3.50. The van der Waals surface area contributed by atoms with Crippen molar-refractivity contribution < 1.29 is 8.81 Å². The van der Waals surface area contributed by atoms with Gasteiger partial charge in [-0.1, -0.05) is 12.1 Å². The summed E-state index contributed by atoms with van der Waals surface area (Å²) in [5.74, 6) is 7.17. The van der Waals surface area contributed by atoms with Gasteiger partial charge in [0.15, 0.2) is 0 Å². The number of aryl methyl sites for hydroxylation is 2. The van der Waals surface area contributed by atoms with Gasteiger partial charge in [-0.15, -0.1) is 0 Å². The lowest BCUT2D eigenvalue weighted by atomic mass is 9.96. The second kappa shape index (κ2) is 5.55. The fourth-order valence-corrected chi connectivity index (χ4v) is 2.47. The zero-order chi connectivity index (χ0) is 14.0. The van der Waals surface area contributed by atoms with Crippen LogP contribution in [0, 0.1) is 26.6 Å². The molecule has 0 radical (unpaired) electrons. The summed E-state index contributed by atoms with van der Waals surface area (Å²) in [5, 5.41) is 0. The first-order valence-corrected chi connectivity index (χ1v) is 6.30. The first-order valence-electron chi connectivity index (χ1n) is 6.30. The molecule has 0 aliphatic carbocycles. The van der Waals surface area contributed by atoms with E-state index in [2.05, 4.69) is 5.43 Å². The van der Waals surface area contributed by atoms with Gasteiger partial charge in [0, 0.05) is 5.56 Å². The highest BCUT2D eigenvalue weighted by Gasteiger charge is 2.20. The third kappa shape index (κ3) is 2.85. The number of halogens is 1. The van der Waals surface area contributed by atoms with E-state index < -0.39 is 0 Å². The Morgan fingerprint density at radius 3 is 2.53 bits per heavy atom. The van der Waals surface area contributed by atoms with Crippen LogP contribution in [0.5, 0.6) is 0 Å². The summed E-state index contributed by atoms with van der Waals surface area (Å²) in [6, 6.07) is 6.48. The van der Waals surface area contributed by atoms with Gasteiger partial charge in [0.05, 0.1) is 6.04 Å². The van der Waals surface area contributed by atoms with Crippen molar-refractivity contribution in [1.82, 2.24) is 5.43 Å². The minimum atomic E-state index is -0.231. The Kier molecular flexibility index (Phi) is 4.02. The molecule has 0 aliphatic heterocycles. The summed E-state index contributed by atoms with van der Waals surface area (Å²) < 4.78 is 18.8. The van der Waals surface area contributed by atoms with Gasteiger partial charge in [0.2, 0.25) is 0 Å². The normalized spacial score (nSPS) is 12.7. The zero-order valence-corrected chi connectivity index (χ0v) is 11.5. The van der Waals surface area contributed by atoms with E-state index in [9.17, 15) is 4.39 Å². The highest BCUT2D eigenvalue weighted by molar-refractivity contribution is 5.35. The lowest BCUT2D eigenvalue weighted by molar-refractivity contribution is 0.484. The van der Waals surface area contributed by atoms with Gasteiger partial charge >= 0.3 is 0 Å². The van der Waals surface area contributed by atoms with Gasteiger partial charge in [-0.05, 0) is 50.5 Å². The highest BCUT2D eigenvalue weighted by Crippen LogP contribution is 2.28. The lowest BCUT2D eigenvalue weighted by Crippen LogP contribution is -2.30. The predicted octanol–water partition coefficient (Wildman–Crippen LogP) is 3.09. The molecule has 2 rings (SSSR count). The van der Waals surface area contributed by atoms with E-state index in [1.165, 1.54) is 12.1 Å². The van der Waals surface area contributed by atoms with Crippen LogP contribution < -0.4 is 11.3 Å². The molecule has 1 unspecified atom stereocenters. The summed E-state index contributed by atoms with van der Waals surface area (Å²) in [5.41, 5.74) is 5.86. The lowest BCUT2D eigenvalue weighted by Gasteiger charge is -2.16. The molecule has 102 valence electrons. The van der Waals surface area contributed by atoms with Crippen LogP contribution in [0.4, 0.5) is 4.39 Å². The number of hydrogen-bond donors (Lipinski definition) is 2. The fourth-order valence-electron chi connectivity index (χ4n) is 2.47. The molecular formula is C15H19FN2O. The van der Waals surface area contributed by atoms with Crippen LogP contribution in [-0.2, 0) is 6.42 Å². The van der Waals surface area contributed by atoms with E-state index in [0.29, 0.717) is 6.42 Å². The summed E-state index contributed by atoms with van der Waals surface area (Å²) in [7, 11) is 0. The Hall–Kier alpha value is -1.65. The Balaban J connectivity index is 2.30. The zero-order valence-electron chi connectivity index (χ0n) is 11.5. The minimum Gasteiger partial charge on any atom is -0.466 e. The molecule has 19 heavy (non-hydrogen) atoms. The average molecular weight is 262 g/mol. The molecule has 2 aromatic rings. The summed E-state index contributed by atoms with van der Waals surface area (Å²) in [6.07, 6.45) is 0.620. The van der Waals surface area contributed by atoms with E-state index in [4.69, 9.17) is 10.3 Å². The van der Waals surface area contributed by atoms with Crippen LogP contribution >= 0.6 is 0 Å². The van der Waals surface area contributed by atoms with Crippen molar-refractivity contribution in [1.29, 1.82) is 0 Å². The highest BCUT2D eigenvalue weighted by atomic mass is 19.1. The summed E-state index contributed by atoms with van der Waals surface area (Å²) >= 11 is 0. The van der Waals surface area contributed by atoms with Crippen LogP contribution in [0.15, 0.2) is 28.7 Å². The van der Waals surface area contributed by atoms with Crippen molar-refractivity contribution in [3.05, 3.63) is 58.3 Å². The van der Waals surface area contributed by atoms with E-state index >= 15 is 0 Å². The van der Waals surface area contributed by atoms with Gasteiger partial charge in [-0.2, -0.15) is 0 Å². The molecule has 0 amide bonds. The standard InChI is InChI=1S/C15H19FN2O/c1-9-10(2)19-11(3)15(9)14(18-17)8-12-5-4-6-13(16)7-12/h4-7,14,18H,8,17H2,1-3H3. The molecule has 0 fully saturated rings. The van der Waals surface area contributed by atoms with Crippen LogP contribution in [0.3, 0.4) is 0 Å². The van der Waals surface area contributed by atoms with Gasteiger partial charge in [-0.25, -0.2) is 4.39 Å². The van der Waals surface area contributed by atoms with Crippen LogP contribution in [0.25, 0.3) is 0 Å². The van der Waals surface area contributed by atoms with Crippen molar-refractivity contribution >= 4 is 0 Å². The molecule has 0 spiro atoms. The maximum absolute atomic E-state index is 13.2. The predicted molar refractivity (Wildman–Crippen MR) is 73.1 cm³/mol. The first-order chi connectivity index (χ1) is 9.02. The van der Waals surface area contributed by atoms with Crippen molar-refractivity contribution in [2.75, 3.05) is 0 Å². The van der Waals surface area contributed by atoms with Gasteiger partial charge in [-0.3, -0.25) is 11.3 Å². The second-order valence-electron chi connectivity index (χ2n) is 4.81. The van der Waals surface area contributed by atoms with E-state index in [0.717, 1.165) is 28.2 Å². The number of hydrazine groups is 1. The van der Waals surface area contributed by atoms with Crippen LogP contribution in [0.2, 0.25) is 0 Å². The van der Waals surface area contributed by atoms with Gasteiger partial charge in [0.1, 0.15) is 17.3 Å². The number of rotatable bonds is 4. The van der Waals surface area contributed by atoms with Gasteiger partial charge < -0.3 is 4.42 Å². The third-order valence-electron chi connectivity index (χ3n) is 3.50. The molecule has 3 nitrogen and oxygen atoms in total. The molecular weight excluding hydrogens is 243 g/mol. The number of hydrogen-bond acceptors (Lipinski definition) is 3. The van der Waals surface area contributed by atoms with Crippen molar-refractivity contribution in [3.63, 3.8) is 0 Å². The first kappa shape index (κ1) is 13.8. The SMILES string of the molecule is Cc1oc(C)c(C(Cc2cccc(F)c2)NN)c1C. The molecule has 1 atom stereocenters. The van der Waals surface area contributed by atoms with Crippen molar-refractivity contribution in [3.8, 4) is 0 Å². The monoisotopic (exact) mass is 262 g/mol. The number of nitrogens with one attached hydrogen (secondary N) is 1. The Morgan fingerprint density at radius 2 is 2.00 bits per heavy atom. The van der Waals surface area contributed by atoms with Crippen LogP contribution in [-0.4, -0.2) is 0 Å². The molecule has 0 bridgehead atoms. The van der Waals surface area contributed by atoms with E-state index in [-0.39, 0.29) is 11.9 Å². The molecule has 1 aromatic heterocycles. The minimum absolute atomic E-state index is 0.0840. The summed E-state index contributed by atoms with van der Waals surface area (Å²) in [4.78, 5) is 0. The molecule has 4 heteroatoms. The molecule has 0 aliphatic rings. The fraction of sp³-hybridized carbons (Fsp3) is 0.333. The largest absolute Gasteiger partial charge is 0.466 e. The molecule has 0 saturated heterocycles. The molecule has 0 saturated carbocycles. The molecule has 1 heterocycles. The second-order valence-corrected chi connectivity index (χ2v) is 4.81. The Morgan fingerprint density at radius 1 is 1.26 bits per heavy atom. The molecule has 1 aromatic carbocycles. The number of furan rings is 1. The molecule has 3 N–H and O–H groups in total.